The molecule has 2 rings (SSSR count). The molecule has 0 unspecified atom stereocenters. The number of halogens is 3. The number of hydrogen-bond donors (Lipinski definition) is 2. The van der Waals surface area contributed by atoms with Gasteiger partial charge in [0.05, 0.1) is 25.3 Å². The van der Waals surface area contributed by atoms with E-state index in [2.05, 4.69) is 10.6 Å². The van der Waals surface area contributed by atoms with Crippen LogP contribution in [0.3, 0.4) is 0 Å². The van der Waals surface area contributed by atoms with Crippen molar-refractivity contribution in [1.82, 2.24) is 4.90 Å². The van der Waals surface area contributed by atoms with E-state index in [1.807, 2.05) is 0 Å². The Morgan fingerprint density at radius 1 is 1.07 bits per heavy atom. The van der Waals surface area contributed by atoms with Crippen LogP contribution >= 0.6 is 0 Å². The van der Waals surface area contributed by atoms with Crippen molar-refractivity contribution >= 4 is 23.2 Å². The van der Waals surface area contributed by atoms with Crippen molar-refractivity contribution in [3.05, 3.63) is 54.1 Å². The zero-order valence-electron chi connectivity index (χ0n) is 16.2. The van der Waals surface area contributed by atoms with Crippen LogP contribution in [0.1, 0.15) is 12.5 Å². The molecule has 9 heteroatoms. The van der Waals surface area contributed by atoms with Crippen LogP contribution in [-0.2, 0) is 15.8 Å². The maximum absolute atomic E-state index is 12.6. The summed E-state index contributed by atoms with van der Waals surface area (Å²) in [7, 11) is 3.12. The zero-order valence-corrected chi connectivity index (χ0v) is 16.2. The third-order valence-corrected chi connectivity index (χ3v) is 4.27. The number of alkyl halides is 3. The van der Waals surface area contributed by atoms with Gasteiger partial charge in [-0.25, -0.2) is 0 Å². The molecule has 2 amide bonds. The van der Waals surface area contributed by atoms with Gasteiger partial charge < -0.3 is 15.4 Å². The fraction of sp³-hybridized carbons (Fsp3) is 0.300. The van der Waals surface area contributed by atoms with E-state index in [1.54, 1.807) is 38.2 Å². The van der Waals surface area contributed by atoms with E-state index in [9.17, 15) is 22.8 Å². The molecule has 2 aromatic carbocycles. The van der Waals surface area contributed by atoms with E-state index >= 15 is 0 Å². The predicted molar refractivity (Wildman–Crippen MR) is 104 cm³/mol. The minimum Gasteiger partial charge on any atom is -0.497 e. The molecule has 0 aliphatic rings. The molecule has 1 atom stereocenters. The van der Waals surface area contributed by atoms with E-state index in [-0.39, 0.29) is 18.1 Å². The molecule has 0 aliphatic heterocycles. The van der Waals surface area contributed by atoms with Gasteiger partial charge in [0.2, 0.25) is 11.8 Å². The maximum atomic E-state index is 12.6. The summed E-state index contributed by atoms with van der Waals surface area (Å²) in [5, 5.41) is 5.26. The average molecular weight is 409 g/mol. The number of carbonyl (C=O) groups is 2. The summed E-state index contributed by atoms with van der Waals surface area (Å²) >= 11 is 0. The molecule has 2 N–H and O–H groups in total. The van der Waals surface area contributed by atoms with E-state index in [0.29, 0.717) is 11.4 Å². The number of carbonyl (C=O) groups excluding carboxylic acids is 2. The van der Waals surface area contributed by atoms with Gasteiger partial charge in [-0.15, -0.1) is 0 Å². The van der Waals surface area contributed by atoms with E-state index in [0.717, 1.165) is 12.1 Å². The van der Waals surface area contributed by atoms with Gasteiger partial charge >= 0.3 is 6.18 Å². The number of likely N-dealkylation sites (N-methyl/N-ethyl adjacent to an activating group) is 1. The molecule has 156 valence electrons. The Bertz CT molecular complexity index is 854. The lowest BCUT2D eigenvalue weighted by atomic mass is 10.2. The molecule has 0 bridgehead atoms. The van der Waals surface area contributed by atoms with Crippen LogP contribution in [0.25, 0.3) is 0 Å². The number of ether oxygens (including phenoxy) is 1. The van der Waals surface area contributed by atoms with Gasteiger partial charge in [0.25, 0.3) is 0 Å². The number of methoxy groups -OCH3 is 1. The van der Waals surface area contributed by atoms with Crippen LogP contribution in [0.5, 0.6) is 5.75 Å². The summed E-state index contributed by atoms with van der Waals surface area (Å²) in [6, 6.07) is 10.3. The van der Waals surface area contributed by atoms with Crippen LogP contribution in [0.15, 0.2) is 48.5 Å². The first-order valence-corrected chi connectivity index (χ1v) is 8.72. The number of nitrogens with zero attached hydrogens (tertiary/aromatic N) is 1. The minimum absolute atomic E-state index is 0.0567. The second-order valence-electron chi connectivity index (χ2n) is 6.44. The average Bonchev–Trinajstić information content (AvgIpc) is 2.67. The molecule has 2 aromatic rings. The van der Waals surface area contributed by atoms with Crippen molar-refractivity contribution in [3.63, 3.8) is 0 Å². The molecule has 0 aromatic heterocycles. The maximum Gasteiger partial charge on any atom is 0.416 e. The Labute approximate surface area is 166 Å². The highest BCUT2D eigenvalue weighted by molar-refractivity contribution is 5.96. The third kappa shape index (κ3) is 6.49. The zero-order chi connectivity index (χ0) is 21.6. The lowest BCUT2D eigenvalue weighted by Gasteiger charge is -2.23. The number of hydrogen-bond acceptors (Lipinski definition) is 4. The summed E-state index contributed by atoms with van der Waals surface area (Å²) in [4.78, 5) is 26.1. The van der Waals surface area contributed by atoms with E-state index in [4.69, 9.17) is 4.74 Å². The summed E-state index contributed by atoms with van der Waals surface area (Å²) in [5.41, 5.74) is 0.00331. The van der Waals surface area contributed by atoms with Crippen molar-refractivity contribution in [1.29, 1.82) is 0 Å². The lowest BCUT2D eigenvalue weighted by molar-refractivity contribution is -0.137. The lowest BCUT2D eigenvalue weighted by Crippen LogP contribution is -2.43. The number of benzene rings is 2. The highest BCUT2D eigenvalue weighted by atomic mass is 19.4. The second-order valence-corrected chi connectivity index (χ2v) is 6.44. The summed E-state index contributed by atoms with van der Waals surface area (Å²) in [5.74, 6) is -0.170. The Kier molecular flexibility index (Phi) is 7.22. The van der Waals surface area contributed by atoms with Gasteiger partial charge in [0.15, 0.2) is 0 Å². The second kappa shape index (κ2) is 9.42. The molecule has 0 saturated heterocycles. The first kappa shape index (κ1) is 22.2. The first-order chi connectivity index (χ1) is 13.6. The SMILES string of the molecule is COc1cccc(NC(=O)CN(C)[C@H](C)C(=O)Nc2ccc(C(F)(F)F)cc2)c1. The molecule has 6 nitrogen and oxygen atoms in total. The van der Waals surface area contributed by atoms with Crippen LogP contribution < -0.4 is 15.4 Å². The van der Waals surface area contributed by atoms with Crippen molar-refractivity contribution in [3.8, 4) is 5.75 Å². The Balaban J connectivity index is 1.90. The van der Waals surface area contributed by atoms with Crippen LogP contribution in [0, 0.1) is 0 Å². The quantitative estimate of drug-likeness (QED) is 0.733. The number of amides is 2. The monoisotopic (exact) mass is 409 g/mol. The van der Waals surface area contributed by atoms with E-state index in [1.165, 1.54) is 24.1 Å². The van der Waals surface area contributed by atoms with Crippen LogP contribution in [0.2, 0.25) is 0 Å². The molecule has 29 heavy (non-hydrogen) atoms. The van der Waals surface area contributed by atoms with Crippen molar-refractivity contribution in [2.75, 3.05) is 31.3 Å². The number of nitrogens with one attached hydrogen (secondary N) is 2. The minimum atomic E-state index is -4.44. The standard InChI is InChI=1S/C20H22F3N3O3/c1-13(19(28)25-15-9-7-14(8-10-15)20(21,22)23)26(2)12-18(27)24-16-5-4-6-17(11-16)29-3/h4-11,13H,12H2,1-3H3,(H,24,27)(H,25,28)/t13-/m1/s1. The van der Waals surface area contributed by atoms with E-state index < -0.39 is 23.7 Å². The van der Waals surface area contributed by atoms with Gasteiger partial charge in [0, 0.05) is 17.4 Å². The number of anilines is 2. The predicted octanol–water partition coefficient (Wildman–Crippen LogP) is 3.61. The highest BCUT2D eigenvalue weighted by Crippen LogP contribution is 2.29. The van der Waals surface area contributed by atoms with Crippen molar-refractivity contribution < 1.29 is 27.5 Å². The highest BCUT2D eigenvalue weighted by Gasteiger charge is 2.30. The fourth-order valence-corrected chi connectivity index (χ4v) is 2.45. The van der Waals surface area contributed by atoms with Crippen LogP contribution in [-0.4, -0.2) is 43.5 Å². The summed E-state index contributed by atoms with van der Waals surface area (Å²) < 4.78 is 42.9. The number of rotatable bonds is 7. The smallest absolute Gasteiger partial charge is 0.416 e. The Morgan fingerprint density at radius 3 is 2.31 bits per heavy atom. The summed E-state index contributed by atoms with van der Waals surface area (Å²) in [6.45, 7) is 1.54. The Morgan fingerprint density at radius 2 is 1.72 bits per heavy atom. The largest absolute Gasteiger partial charge is 0.497 e. The summed E-state index contributed by atoms with van der Waals surface area (Å²) in [6.07, 6.45) is -4.44. The van der Waals surface area contributed by atoms with Gasteiger partial charge in [-0.05, 0) is 50.4 Å². The van der Waals surface area contributed by atoms with Crippen molar-refractivity contribution in [2.45, 2.75) is 19.1 Å². The van der Waals surface area contributed by atoms with Gasteiger partial charge in [0.1, 0.15) is 5.75 Å². The fourth-order valence-electron chi connectivity index (χ4n) is 2.45. The Hall–Kier alpha value is -3.07. The van der Waals surface area contributed by atoms with Crippen molar-refractivity contribution in [2.24, 2.45) is 0 Å². The molecule has 0 radical (unpaired) electrons. The molecule has 0 aliphatic carbocycles. The molecular formula is C20H22F3N3O3. The molecule has 0 spiro atoms. The third-order valence-electron chi connectivity index (χ3n) is 4.27. The first-order valence-electron chi connectivity index (χ1n) is 8.72. The molecular weight excluding hydrogens is 387 g/mol. The van der Waals surface area contributed by atoms with Crippen LogP contribution in [0.4, 0.5) is 24.5 Å². The molecule has 0 fully saturated rings. The van der Waals surface area contributed by atoms with Gasteiger partial charge in [-0.3, -0.25) is 14.5 Å². The van der Waals surface area contributed by atoms with Gasteiger partial charge in [-0.1, -0.05) is 6.07 Å². The molecule has 0 heterocycles. The normalized spacial score (nSPS) is 12.4. The molecule has 0 saturated carbocycles. The van der Waals surface area contributed by atoms with Gasteiger partial charge in [-0.2, -0.15) is 13.2 Å². The topological polar surface area (TPSA) is 70.7 Å².